The van der Waals surface area contributed by atoms with Crippen LogP contribution in [-0.4, -0.2) is 6.61 Å². The van der Waals surface area contributed by atoms with Crippen LogP contribution in [0.5, 0.6) is 11.5 Å². The number of ether oxygens (including phenoxy) is 2. The highest BCUT2D eigenvalue weighted by atomic mass is 35.5. The van der Waals surface area contributed by atoms with Gasteiger partial charge in [0.25, 0.3) is 0 Å². The van der Waals surface area contributed by atoms with Crippen LogP contribution in [0.4, 0.5) is 0 Å². The lowest BCUT2D eigenvalue weighted by molar-refractivity contribution is 0.266. The second kappa shape index (κ2) is 10.2. The van der Waals surface area contributed by atoms with Crippen molar-refractivity contribution in [2.75, 3.05) is 6.61 Å². The third-order valence-electron chi connectivity index (χ3n) is 4.59. The van der Waals surface area contributed by atoms with Crippen molar-refractivity contribution in [3.8, 4) is 11.5 Å². The topological polar surface area (TPSA) is 30.5 Å². The molecule has 28 heavy (non-hydrogen) atoms. The lowest BCUT2D eigenvalue weighted by Crippen LogP contribution is -2.18. The minimum Gasteiger partial charge on any atom is -0.490 e. The van der Waals surface area contributed by atoms with Crippen LogP contribution in [-0.2, 0) is 13.2 Å². The fourth-order valence-corrected chi connectivity index (χ4v) is 3.21. The molecular weight excluding hydrogens is 370 g/mol. The van der Waals surface area contributed by atoms with Gasteiger partial charge in [0.05, 0.1) is 6.61 Å². The number of halogens is 1. The summed E-state index contributed by atoms with van der Waals surface area (Å²) in [5.41, 5.74) is 3.26. The Labute approximate surface area is 172 Å². The van der Waals surface area contributed by atoms with E-state index in [0.717, 1.165) is 22.6 Å². The van der Waals surface area contributed by atoms with Gasteiger partial charge in [-0.1, -0.05) is 72.3 Å². The SMILES string of the molecule is CCOc1cccc(CN[C@@H](C)c2ccccc2)c1OCc1ccccc1Cl. The standard InChI is InChI=1S/C24H26ClNO2/c1-3-27-23-15-9-13-20(16-26-18(2)19-10-5-4-6-11-19)24(23)28-17-21-12-7-8-14-22(21)25/h4-15,18,26H,3,16-17H2,1-2H3/t18-/m0/s1. The molecule has 0 aliphatic rings. The fourth-order valence-electron chi connectivity index (χ4n) is 3.02. The largest absolute Gasteiger partial charge is 0.490 e. The van der Waals surface area contributed by atoms with E-state index >= 15 is 0 Å². The summed E-state index contributed by atoms with van der Waals surface area (Å²) in [5.74, 6) is 1.51. The first-order valence-electron chi connectivity index (χ1n) is 9.58. The van der Waals surface area contributed by atoms with Crippen molar-refractivity contribution in [3.05, 3.63) is 94.5 Å². The molecule has 0 unspecified atom stereocenters. The molecule has 0 aromatic heterocycles. The molecule has 0 spiro atoms. The van der Waals surface area contributed by atoms with Gasteiger partial charge >= 0.3 is 0 Å². The van der Waals surface area contributed by atoms with Crippen molar-refractivity contribution in [3.63, 3.8) is 0 Å². The third-order valence-corrected chi connectivity index (χ3v) is 4.96. The molecule has 3 nitrogen and oxygen atoms in total. The number of para-hydroxylation sites is 1. The van der Waals surface area contributed by atoms with Gasteiger partial charge in [0.15, 0.2) is 11.5 Å². The summed E-state index contributed by atoms with van der Waals surface area (Å²) in [6.07, 6.45) is 0. The molecule has 1 N–H and O–H groups in total. The summed E-state index contributed by atoms with van der Waals surface area (Å²) >= 11 is 6.28. The Morgan fingerprint density at radius 3 is 2.32 bits per heavy atom. The van der Waals surface area contributed by atoms with Crippen LogP contribution < -0.4 is 14.8 Å². The molecule has 0 saturated carbocycles. The van der Waals surface area contributed by atoms with Gasteiger partial charge in [-0.05, 0) is 31.5 Å². The molecular formula is C24H26ClNO2. The maximum Gasteiger partial charge on any atom is 0.166 e. The highest BCUT2D eigenvalue weighted by Gasteiger charge is 2.13. The first-order chi connectivity index (χ1) is 13.7. The van der Waals surface area contributed by atoms with Gasteiger partial charge in [0.2, 0.25) is 0 Å². The van der Waals surface area contributed by atoms with E-state index in [1.54, 1.807) is 0 Å². The second-order valence-electron chi connectivity index (χ2n) is 6.57. The summed E-state index contributed by atoms with van der Waals surface area (Å²) in [5, 5.41) is 4.28. The molecule has 0 fully saturated rings. The normalized spacial score (nSPS) is 11.8. The Bertz CT molecular complexity index is 883. The molecule has 0 aliphatic heterocycles. The van der Waals surface area contributed by atoms with Crippen LogP contribution in [0.25, 0.3) is 0 Å². The van der Waals surface area contributed by atoms with E-state index in [0.29, 0.717) is 24.8 Å². The van der Waals surface area contributed by atoms with Crippen molar-refractivity contribution in [1.29, 1.82) is 0 Å². The molecule has 1 atom stereocenters. The molecule has 0 aliphatic carbocycles. The zero-order valence-corrected chi connectivity index (χ0v) is 17.1. The predicted octanol–water partition coefficient (Wildman–Crippen LogP) is 6.17. The Hall–Kier alpha value is -2.49. The van der Waals surface area contributed by atoms with E-state index in [1.807, 2.05) is 49.4 Å². The minimum atomic E-state index is 0.230. The van der Waals surface area contributed by atoms with Crippen molar-refractivity contribution in [1.82, 2.24) is 5.32 Å². The number of hydrogen-bond donors (Lipinski definition) is 1. The van der Waals surface area contributed by atoms with Gasteiger partial charge in [0.1, 0.15) is 6.61 Å². The van der Waals surface area contributed by atoms with Crippen molar-refractivity contribution < 1.29 is 9.47 Å². The van der Waals surface area contributed by atoms with Crippen molar-refractivity contribution in [2.24, 2.45) is 0 Å². The zero-order valence-electron chi connectivity index (χ0n) is 16.3. The average molecular weight is 396 g/mol. The van der Waals surface area contributed by atoms with E-state index in [-0.39, 0.29) is 6.04 Å². The van der Waals surface area contributed by atoms with E-state index in [1.165, 1.54) is 5.56 Å². The smallest absolute Gasteiger partial charge is 0.166 e. The van der Waals surface area contributed by atoms with Crippen molar-refractivity contribution in [2.45, 2.75) is 33.0 Å². The molecule has 0 amide bonds. The van der Waals surface area contributed by atoms with E-state index in [9.17, 15) is 0 Å². The molecule has 0 saturated heterocycles. The Morgan fingerprint density at radius 1 is 0.857 bits per heavy atom. The predicted molar refractivity (Wildman–Crippen MR) is 115 cm³/mol. The number of nitrogens with one attached hydrogen (secondary N) is 1. The molecule has 0 heterocycles. The van der Waals surface area contributed by atoms with Crippen LogP contribution >= 0.6 is 11.6 Å². The number of benzene rings is 3. The van der Waals surface area contributed by atoms with Gasteiger partial charge in [-0.15, -0.1) is 0 Å². The summed E-state index contributed by atoms with van der Waals surface area (Å²) < 4.78 is 12.0. The number of rotatable bonds is 9. The van der Waals surface area contributed by atoms with Gasteiger partial charge in [0, 0.05) is 28.7 Å². The number of hydrogen-bond acceptors (Lipinski definition) is 3. The Kier molecular flexibility index (Phi) is 7.35. The summed E-state index contributed by atoms with van der Waals surface area (Å²) in [7, 11) is 0. The molecule has 3 aromatic rings. The van der Waals surface area contributed by atoms with Crippen LogP contribution in [0.3, 0.4) is 0 Å². The fraction of sp³-hybridized carbons (Fsp3) is 0.250. The first kappa shape index (κ1) is 20.2. The molecule has 4 heteroatoms. The van der Waals surface area contributed by atoms with Crippen LogP contribution in [0.1, 0.15) is 36.6 Å². The maximum absolute atomic E-state index is 6.28. The van der Waals surface area contributed by atoms with Crippen molar-refractivity contribution >= 4 is 11.6 Å². The molecule has 0 bridgehead atoms. The Morgan fingerprint density at radius 2 is 1.57 bits per heavy atom. The molecule has 3 rings (SSSR count). The molecule has 3 aromatic carbocycles. The van der Waals surface area contributed by atoms with E-state index in [4.69, 9.17) is 21.1 Å². The zero-order chi connectivity index (χ0) is 19.8. The molecule has 0 radical (unpaired) electrons. The van der Waals surface area contributed by atoms with Gasteiger partial charge < -0.3 is 14.8 Å². The van der Waals surface area contributed by atoms with Gasteiger partial charge in [-0.3, -0.25) is 0 Å². The van der Waals surface area contributed by atoms with E-state index < -0.39 is 0 Å². The second-order valence-corrected chi connectivity index (χ2v) is 6.98. The summed E-state index contributed by atoms with van der Waals surface area (Å²) in [4.78, 5) is 0. The quantitative estimate of drug-likeness (QED) is 0.470. The lowest BCUT2D eigenvalue weighted by atomic mass is 10.1. The first-order valence-corrected chi connectivity index (χ1v) is 9.96. The minimum absolute atomic E-state index is 0.230. The van der Waals surface area contributed by atoms with Gasteiger partial charge in [-0.25, -0.2) is 0 Å². The Balaban J connectivity index is 1.76. The maximum atomic E-state index is 6.28. The molecule has 146 valence electrons. The monoisotopic (exact) mass is 395 g/mol. The highest BCUT2D eigenvalue weighted by molar-refractivity contribution is 6.31. The van der Waals surface area contributed by atoms with Crippen LogP contribution in [0.2, 0.25) is 5.02 Å². The van der Waals surface area contributed by atoms with Gasteiger partial charge in [-0.2, -0.15) is 0 Å². The van der Waals surface area contributed by atoms with Crippen LogP contribution in [0.15, 0.2) is 72.8 Å². The summed E-state index contributed by atoms with van der Waals surface area (Å²) in [6, 6.07) is 24.4. The summed E-state index contributed by atoms with van der Waals surface area (Å²) in [6.45, 7) is 5.78. The lowest BCUT2D eigenvalue weighted by Gasteiger charge is -2.19. The average Bonchev–Trinajstić information content (AvgIpc) is 2.73. The third kappa shape index (κ3) is 5.28. The van der Waals surface area contributed by atoms with E-state index in [2.05, 4.69) is 42.6 Å². The highest BCUT2D eigenvalue weighted by Crippen LogP contribution is 2.33. The van der Waals surface area contributed by atoms with Crippen LogP contribution in [0, 0.1) is 0 Å².